The van der Waals surface area contributed by atoms with Gasteiger partial charge < -0.3 is 42.6 Å². The Morgan fingerprint density at radius 2 is 0.750 bits per heavy atom. The molecule has 0 N–H and O–H groups in total. The Bertz CT molecular complexity index is 1180. The van der Waals surface area contributed by atoms with Gasteiger partial charge in [0.2, 0.25) is 0 Å². The highest BCUT2D eigenvalue weighted by molar-refractivity contribution is 6.14. The summed E-state index contributed by atoms with van der Waals surface area (Å²) in [6, 6.07) is 0. The lowest BCUT2D eigenvalue weighted by Gasteiger charge is -2.36. The molecule has 0 spiro atoms. The molecule has 16 heteroatoms. The minimum absolute atomic E-state index is 0.00261. The van der Waals surface area contributed by atoms with Crippen molar-refractivity contribution in [1.82, 2.24) is 0 Å². The summed E-state index contributed by atoms with van der Waals surface area (Å²) < 4.78 is 49.6. The number of ether oxygens (including phenoxy) is 9. The van der Waals surface area contributed by atoms with Crippen molar-refractivity contribution in [2.75, 3.05) is 66.1 Å². The smallest absolute Gasteiger partial charge is 0.330 e. The van der Waals surface area contributed by atoms with E-state index >= 15 is 0 Å². The maximum Gasteiger partial charge on any atom is 0.330 e. The molecule has 0 rings (SSSR count). The number of rotatable bonds is 29. The van der Waals surface area contributed by atoms with Gasteiger partial charge in [0.05, 0.1) is 41.8 Å². The van der Waals surface area contributed by atoms with Gasteiger partial charge in [0.25, 0.3) is 0 Å². The highest BCUT2D eigenvalue weighted by Gasteiger charge is 2.39. The van der Waals surface area contributed by atoms with Gasteiger partial charge in [-0.2, -0.15) is 0 Å². The molecule has 0 saturated heterocycles. The first-order chi connectivity index (χ1) is 24.3. The predicted octanol–water partition coefficient (Wildman–Crippen LogP) is 1.90. The molecule has 0 radical (unpaired) electrons. The molecular formula is C36H51BO15. The van der Waals surface area contributed by atoms with E-state index in [1.54, 1.807) is 28.6 Å². The average Bonchev–Trinajstić information content (AvgIpc) is 3.13. The van der Waals surface area contributed by atoms with Crippen LogP contribution < -0.4 is 0 Å². The minimum atomic E-state index is -1.31. The van der Waals surface area contributed by atoms with Gasteiger partial charge in [-0.1, -0.05) is 39.5 Å². The van der Waals surface area contributed by atoms with Gasteiger partial charge in [-0.3, -0.25) is 0 Å². The third-order valence-corrected chi connectivity index (χ3v) is 6.95. The molecule has 0 fully saturated rings. The largest absolute Gasteiger partial charge is 0.462 e. The fourth-order valence-electron chi connectivity index (χ4n) is 3.75. The van der Waals surface area contributed by atoms with Crippen LogP contribution in [0.25, 0.3) is 0 Å². The quantitative estimate of drug-likeness (QED) is 0.0469. The lowest BCUT2D eigenvalue weighted by molar-refractivity contribution is -0.171. The van der Waals surface area contributed by atoms with Gasteiger partial charge in [-0.25, -0.2) is 28.8 Å². The van der Waals surface area contributed by atoms with E-state index in [1.807, 2.05) is 0 Å². The van der Waals surface area contributed by atoms with Gasteiger partial charge in [0.15, 0.2) is 0 Å². The van der Waals surface area contributed by atoms with Crippen LogP contribution in [0.15, 0.2) is 75.9 Å². The fraction of sp³-hybridized carbons (Fsp3) is 0.500. The first-order valence-electron chi connectivity index (χ1n) is 16.0. The van der Waals surface area contributed by atoms with Crippen LogP contribution >= 0.6 is 0 Å². The molecule has 0 aliphatic heterocycles. The second-order valence-corrected chi connectivity index (χ2v) is 12.8. The number of carbonyl (C=O) groups excluding carboxylic acids is 6. The molecule has 0 bridgehead atoms. The molecule has 0 aromatic heterocycles. The maximum atomic E-state index is 11.9. The zero-order valence-electron chi connectivity index (χ0n) is 30.6. The molecule has 52 heavy (non-hydrogen) atoms. The number of hydrogen-bond donors (Lipinski definition) is 0. The Morgan fingerprint density at radius 3 is 1.04 bits per heavy atom. The first-order valence-corrected chi connectivity index (χ1v) is 16.0. The van der Waals surface area contributed by atoms with E-state index in [-0.39, 0.29) is 66.1 Å². The maximum absolute atomic E-state index is 11.9. The number of hydrogen-bond acceptors (Lipinski definition) is 15. The Kier molecular flexibility index (Phi) is 21.5. The van der Waals surface area contributed by atoms with Crippen molar-refractivity contribution < 1.29 is 71.4 Å². The number of carbonyl (C=O) groups is 6. The third-order valence-electron chi connectivity index (χ3n) is 6.95. The summed E-state index contributed by atoms with van der Waals surface area (Å²) in [4.78, 5) is 71.3. The molecule has 0 saturated carbocycles. The normalized spacial score (nSPS) is 12.4. The Labute approximate surface area is 306 Å². The van der Waals surface area contributed by atoms with E-state index in [0.29, 0.717) is 6.42 Å². The van der Waals surface area contributed by atoms with E-state index < -0.39 is 57.7 Å². The van der Waals surface area contributed by atoms with Gasteiger partial charge in [0.1, 0.15) is 47.5 Å². The van der Waals surface area contributed by atoms with Crippen LogP contribution in [0.1, 0.15) is 27.2 Å². The van der Waals surface area contributed by atoms with Gasteiger partial charge in [0, 0.05) is 43.1 Å². The zero-order valence-corrected chi connectivity index (χ0v) is 30.6. The molecule has 1 atom stereocenters. The van der Waals surface area contributed by atoms with Gasteiger partial charge in [-0.05, 0) is 27.2 Å². The van der Waals surface area contributed by atoms with E-state index in [2.05, 4.69) is 39.5 Å². The van der Waals surface area contributed by atoms with E-state index in [1.165, 1.54) is 0 Å². The summed E-state index contributed by atoms with van der Waals surface area (Å²) in [7, 11) is 1.76. The van der Waals surface area contributed by atoms with E-state index in [9.17, 15) is 28.8 Å². The standard InChI is InChI=1S/C36H51BO15/c1-10-27(38)45-20-35(21-46-28(39)11-2,22-47-29(40)12-3)19-44-18-34(9,37)51-17-16-33(7,8)52-26-36(23-48-30(41)13-4,24-49-31(42)14-5)25-50-32(43)15-6/h10-15H,1-6,16-26,37H2,7-9H3. The molecule has 288 valence electrons. The van der Waals surface area contributed by atoms with Crippen molar-refractivity contribution >= 4 is 43.7 Å². The van der Waals surface area contributed by atoms with E-state index in [4.69, 9.17) is 42.6 Å². The van der Waals surface area contributed by atoms with Gasteiger partial charge >= 0.3 is 35.8 Å². The molecule has 0 aliphatic rings. The van der Waals surface area contributed by atoms with Crippen molar-refractivity contribution in [3.63, 3.8) is 0 Å². The van der Waals surface area contributed by atoms with Crippen molar-refractivity contribution in [2.24, 2.45) is 10.8 Å². The van der Waals surface area contributed by atoms with Crippen LogP contribution in [0.4, 0.5) is 0 Å². The van der Waals surface area contributed by atoms with Crippen LogP contribution in [-0.4, -0.2) is 121 Å². The van der Waals surface area contributed by atoms with Crippen LogP contribution in [0.3, 0.4) is 0 Å². The summed E-state index contributed by atoms with van der Waals surface area (Å²) in [6.45, 7) is 23.2. The molecule has 0 amide bonds. The average molecular weight is 735 g/mol. The molecule has 0 heterocycles. The predicted molar refractivity (Wildman–Crippen MR) is 190 cm³/mol. The third kappa shape index (κ3) is 20.2. The summed E-state index contributed by atoms with van der Waals surface area (Å²) >= 11 is 0. The van der Waals surface area contributed by atoms with Gasteiger partial charge in [-0.15, -0.1) is 0 Å². The summed E-state index contributed by atoms with van der Waals surface area (Å²) in [6.07, 6.45) is 6.04. The van der Waals surface area contributed by atoms with Crippen molar-refractivity contribution in [3.05, 3.63) is 75.9 Å². The topological polar surface area (TPSA) is 185 Å². The monoisotopic (exact) mass is 734 g/mol. The lowest BCUT2D eigenvalue weighted by Crippen LogP contribution is -2.46. The van der Waals surface area contributed by atoms with Crippen molar-refractivity contribution in [3.8, 4) is 0 Å². The second kappa shape index (κ2) is 23.6. The van der Waals surface area contributed by atoms with E-state index in [0.717, 1.165) is 36.5 Å². The van der Waals surface area contributed by atoms with Crippen LogP contribution in [0.5, 0.6) is 0 Å². The molecule has 0 aromatic carbocycles. The Hall–Kier alpha value is -4.80. The summed E-state index contributed by atoms with van der Waals surface area (Å²) in [5, 5.41) is 0. The second-order valence-electron chi connectivity index (χ2n) is 12.8. The fourth-order valence-corrected chi connectivity index (χ4v) is 3.75. The van der Waals surface area contributed by atoms with Crippen molar-refractivity contribution in [2.45, 2.75) is 38.3 Å². The Balaban J connectivity index is 5.72. The molecular weight excluding hydrogens is 683 g/mol. The molecule has 15 nitrogen and oxygen atoms in total. The molecule has 0 aromatic rings. The zero-order chi connectivity index (χ0) is 39.8. The molecule has 1 unspecified atom stereocenters. The van der Waals surface area contributed by atoms with Crippen molar-refractivity contribution in [1.29, 1.82) is 0 Å². The number of esters is 6. The van der Waals surface area contributed by atoms with Crippen LogP contribution in [0.2, 0.25) is 0 Å². The molecule has 0 aliphatic carbocycles. The SMILES string of the molecule is BC(C)(COCC(COC(=O)C=C)(COC(=O)C=C)COC(=O)C=C)OCCC(C)(C)OCC(COC(=O)C=C)(COC(=O)C=C)COC(=O)C=C. The summed E-state index contributed by atoms with van der Waals surface area (Å²) in [5.41, 5.74) is -4.39. The highest BCUT2D eigenvalue weighted by Crippen LogP contribution is 2.27. The summed E-state index contributed by atoms with van der Waals surface area (Å²) in [5.74, 6) is -4.53. The van der Waals surface area contributed by atoms with Crippen LogP contribution in [0, 0.1) is 10.8 Å². The lowest BCUT2D eigenvalue weighted by atomic mass is 9.84. The van der Waals surface area contributed by atoms with Crippen LogP contribution in [-0.2, 0) is 71.4 Å². The first kappa shape index (κ1) is 47.2. The highest BCUT2D eigenvalue weighted by atomic mass is 16.6. The Morgan fingerprint density at radius 1 is 0.462 bits per heavy atom. The minimum Gasteiger partial charge on any atom is -0.462 e.